The Morgan fingerprint density at radius 3 is 2.43 bits per heavy atom. The molecular formula is C19H18ClFN4O3. The van der Waals surface area contributed by atoms with Crippen LogP contribution in [0, 0.1) is 17.1 Å². The zero-order valence-corrected chi connectivity index (χ0v) is 16.4. The van der Waals surface area contributed by atoms with Gasteiger partial charge < -0.3 is 15.2 Å². The van der Waals surface area contributed by atoms with Crippen LogP contribution in [0.1, 0.15) is 47.2 Å². The number of anilines is 1. The number of benzene rings is 1. The van der Waals surface area contributed by atoms with Crippen LogP contribution in [0.25, 0.3) is 0 Å². The lowest BCUT2D eigenvalue weighted by Crippen LogP contribution is -2.44. The standard InChI is InChI=1S/C19H18ClFN4O3/c1-19(2,3)24-18(28)15(26)12-8-14(25(4)16(12)20)17(27)23-11-5-6-13(21)10(7-11)9-22/h5-8H,1-4H3,(H,23,27)(H,24,28). The third-order valence-corrected chi connectivity index (χ3v) is 4.13. The van der Waals surface area contributed by atoms with Crippen LogP contribution in [-0.2, 0) is 11.8 Å². The van der Waals surface area contributed by atoms with Crippen molar-refractivity contribution < 1.29 is 18.8 Å². The number of nitrogens with one attached hydrogen (secondary N) is 2. The van der Waals surface area contributed by atoms with Gasteiger partial charge in [0, 0.05) is 18.3 Å². The molecule has 0 radical (unpaired) electrons. The third kappa shape index (κ3) is 4.56. The van der Waals surface area contributed by atoms with Gasteiger partial charge in [0.05, 0.1) is 11.1 Å². The van der Waals surface area contributed by atoms with Gasteiger partial charge in [-0.15, -0.1) is 0 Å². The quantitative estimate of drug-likeness (QED) is 0.603. The van der Waals surface area contributed by atoms with E-state index in [1.807, 2.05) is 0 Å². The van der Waals surface area contributed by atoms with E-state index in [4.69, 9.17) is 16.9 Å². The number of rotatable bonds is 4. The van der Waals surface area contributed by atoms with E-state index in [2.05, 4.69) is 10.6 Å². The van der Waals surface area contributed by atoms with Gasteiger partial charge in [-0.25, -0.2) is 4.39 Å². The minimum atomic E-state index is -0.872. The third-order valence-electron chi connectivity index (χ3n) is 3.68. The van der Waals surface area contributed by atoms with Gasteiger partial charge in [0.15, 0.2) is 0 Å². The van der Waals surface area contributed by atoms with Crippen LogP contribution in [0.4, 0.5) is 10.1 Å². The summed E-state index contributed by atoms with van der Waals surface area (Å²) >= 11 is 6.13. The Balaban J connectivity index is 2.29. The molecule has 0 saturated heterocycles. The van der Waals surface area contributed by atoms with Crippen LogP contribution in [0.3, 0.4) is 0 Å². The van der Waals surface area contributed by atoms with Gasteiger partial charge in [-0.1, -0.05) is 11.6 Å². The number of Topliss-reactive ketones (excluding diaryl/α,β-unsaturated/α-hetero) is 1. The number of halogens is 2. The van der Waals surface area contributed by atoms with Gasteiger partial charge in [0.2, 0.25) is 0 Å². The summed E-state index contributed by atoms with van der Waals surface area (Å²) in [5.74, 6) is -3.07. The van der Waals surface area contributed by atoms with E-state index in [1.165, 1.54) is 29.8 Å². The monoisotopic (exact) mass is 404 g/mol. The molecule has 0 bridgehead atoms. The molecule has 0 spiro atoms. The van der Waals surface area contributed by atoms with E-state index in [1.54, 1.807) is 26.8 Å². The average Bonchev–Trinajstić information content (AvgIpc) is 2.90. The summed E-state index contributed by atoms with van der Waals surface area (Å²) in [7, 11) is 1.46. The molecule has 1 aromatic heterocycles. The fourth-order valence-electron chi connectivity index (χ4n) is 2.36. The highest BCUT2D eigenvalue weighted by Gasteiger charge is 2.27. The van der Waals surface area contributed by atoms with Crippen molar-refractivity contribution in [2.45, 2.75) is 26.3 Å². The maximum absolute atomic E-state index is 13.4. The molecule has 0 aliphatic carbocycles. The van der Waals surface area contributed by atoms with Crippen LogP contribution < -0.4 is 10.6 Å². The molecule has 7 nitrogen and oxygen atoms in total. The lowest BCUT2D eigenvalue weighted by Gasteiger charge is -2.19. The fraction of sp³-hybridized carbons (Fsp3) is 0.263. The van der Waals surface area contributed by atoms with E-state index < -0.39 is 29.0 Å². The average molecular weight is 405 g/mol. The number of amides is 2. The number of hydrogen-bond acceptors (Lipinski definition) is 4. The zero-order valence-electron chi connectivity index (χ0n) is 15.7. The van der Waals surface area contributed by atoms with Gasteiger partial charge in [-0.3, -0.25) is 14.4 Å². The van der Waals surface area contributed by atoms with Crippen LogP contribution in [-0.4, -0.2) is 27.7 Å². The van der Waals surface area contributed by atoms with Crippen LogP contribution >= 0.6 is 11.6 Å². The van der Waals surface area contributed by atoms with E-state index in [-0.39, 0.29) is 27.7 Å². The zero-order chi connectivity index (χ0) is 21.2. The number of carbonyl (C=O) groups is 3. The van der Waals surface area contributed by atoms with E-state index in [9.17, 15) is 18.8 Å². The van der Waals surface area contributed by atoms with Crippen LogP contribution in [0.2, 0.25) is 5.15 Å². The van der Waals surface area contributed by atoms with E-state index >= 15 is 0 Å². The van der Waals surface area contributed by atoms with Gasteiger partial charge in [0.25, 0.3) is 17.6 Å². The van der Waals surface area contributed by atoms with Crippen molar-refractivity contribution in [2.24, 2.45) is 7.05 Å². The lowest BCUT2D eigenvalue weighted by atomic mass is 10.1. The highest BCUT2D eigenvalue weighted by molar-refractivity contribution is 6.47. The molecule has 9 heteroatoms. The van der Waals surface area contributed by atoms with Gasteiger partial charge >= 0.3 is 0 Å². The highest BCUT2D eigenvalue weighted by atomic mass is 35.5. The largest absolute Gasteiger partial charge is 0.345 e. The molecule has 2 rings (SSSR count). The molecule has 1 heterocycles. The van der Waals surface area contributed by atoms with Crippen molar-refractivity contribution in [3.63, 3.8) is 0 Å². The Hall–Kier alpha value is -3.18. The first-order valence-corrected chi connectivity index (χ1v) is 8.55. The molecule has 2 N–H and O–H groups in total. The Bertz CT molecular complexity index is 1020. The number of ketones is 1. The number of hydrogen-bond donors (Lipinski definition) is 2. The first-order valence-electron chi connectivity index (χ1n) is 8.17. The Morgan fingerprint density at radius 2 is 1.86 bits per heavy atom. The number of nitrogens with zero attached hydrogens (tertiary/aromatic N) is 2. The summed E-state index contributed by atoms with van der Waals surface area (Å²) in [6, 6.07) is 6.41. The smallest absolute Gasteiger partial charge is 0.292 e. The lowest BCUT2D eigenvalue weighted by molar-refractivity contribution is -0.118. The van der Waals surface area contributed by atoms with Gasteiger partial charge in [0.1, 0.15) is 22.7 Å². The maximum Gasteiger partial charge on any atom is 0.292 e. The van der Waals surface area contributed by atoms with Gasteiger partial charge in [-0.05, 0) is 45.0 Å². The van der Waals surface area contributed by atoms with Crippen molar-refractivity contribution in [3.05, 3.63) is 52.1 Å². The van der Waals surface area contributed by atoms with Gasteiger partial charge in [-0.2, -0.15) is 5.26 Å². The number of carbonyl (C=O) groups excluding carboxylic acids is 3. The number of nitriles is 1. The molecule has 0 atom stereocenters. The Labute approximate surface area is 166 Å². The topological polar surface area (TPSA) is 104 Å². The first-order chi connectivity index (χ1) is 12.9. The predicted molar refractivity (Wildman–Crippen MR) is 102 cm³/mol. The summed E-state index contributed by atoms with van der Waals surface area (Å²) in [5.41, 5.74) is -0.751. The molecule has 2 aromatic rings. The maximum atomic E-state index is 13.4. The summed E-state index contributed by atoms with van der Waals surface area (Å²) in [4.78, 5) is 37.0. The Morgan fingerprint density at radius 1 is 1.21 bits per heavy atom. The minimum absolute atomic E-state index is 0.0136. The first kappa shape index (κ1) is 21.1. The molecule has 0 saturated carbocycles. The molecule has 0 unspecified atom stereocenters. The fourth-order valence-corrected chi connectivity index (χ4v) is 2.59. The van der Waals surface area contributed by atoms with Crippen molar-refractivity contribution in [1.82, 2.24) is 9.88 Å². The van der Waals surface area contributed by atoms with E-state index in [0.29, 0.717) is 0 Å². The second kappa shape index (κ2) is 7.82. The molecule has 1 aromatic carbocycles. The van der Waals surface area contributed by atoms with Crippen LogP contribution in [0.5, 0.6) is 0 Å². The molecule has 28 heavy (non-hydrogen) atoms. The molecule has 0 aliphatic heterocycles. The van der Waals surface area contributed by atoms with Crippen molar-refractivity contribution in [1.29, 1.82) is 5.26 Å². The minimum Gasteiger partial charge on any atom is -0.345 e. The normalized spacial score (nSPS) is 10.9. The molecule has 146 valence electrons. The SMILES string of the molecule is Cn1c(C(=O)Nc2ccc(F)c(C#N)c2)cc(C(=O)C(=O)NC(C)(C)C)c1Cl. The summed E-state index contributed by atoms with van der Waals surface area (Å²) in [5, 5.41) is 13.8. The summed E-state index contributed by atoms with van der Waals surface area (Å²) in [6.07, 6.45) is 0. The second-order valence-electron chi connectivity index (χ2n) is 7.09. The van der Waals surface area contributed by atoms with Crippen molar-refractivity contribution >= 4 is 34.9 Å². The van der Waals surface area contributed by atoms with E-state index in [0.717, 1.165) is 6.07 Å². The predicted octanol–water partition coefficient (Wildman–Crippen LogP) is 3.04. The van der Waals surface area contributed by atoms with Crippen LogP contribution in [0.15, 0.2) is 24.3 Å². The molecule has 0 aliphatic rings. The summed E-state index contributed by atoms with van der Waals surface area (Å²) in [6.45, 7) is 5.17. The Kier molecular flexibility index (Phi) is 5.90. The van der Waals surface area contributed by atoms with Crippen molar-refractivity contribution in [2.75, 3.05) is 5.32 Å². The van der Waals surface area contributed by atoms with Crippen molar-refractivity contribution in [3.8, 4) is 6.07 Å². The molecule has 2 amide bonds. The summed E-state index contributed by atoms with van der Waals surface area (Å²) < 4.78 is 14.7. The second-order valence-corrected chi connectivity index (χ2v) is 7.44. The molecule has 0 fully saturated rings. The highest BCUT2D eigenvalue weighted by Crippen LogP contribution is 2.23. The molecular weight excluding hydrogens is 387 g/mol. The number of aromatic nitrogens is 1.